The number of nitrogens with zero attached hydrogens (tertiary/aromatic N) is 1. The highest BCUT2D eigenvalue weighted by molar-refractivity contribution is 8.14. The zero-order valence-electron chi connectivity index (χ0n) is 8.15. The van der Waals surface area contributed by atoms with E-state index in [4.69, 9.17) is 0 Å². The number of aliphatic imine (C=N–C) groups is 1. The van der Waals surface area contributed by atoms with Gasteiger partial charge in [-0.15, -0.1) is 11.8 Å². The lowest BCUT2D eigenvalue weighted by Gasteiger charge is -2.01. The summed E-state index contributed by atoms with van der Waals surface area (Å²) in [6, 6.07) is 8.26. The fourth-order valence-corrected chi connectivity index (χ4v) is 2.71. The van der Waals surface area contributed by atoms with Crippen molar-refractivity contribution < 1.29 is 0 Å². The first-order chi connectivity index (χ1) is 6.79. The monoisotopic (exact) mass is 221 g/mol. The van der Waals surface area contributed by atoms with Crippen LogP contribution in [0, 0.1) is 0 Å². The molecule has 72 valence electrons. The molecule has 0 aliphatic carbocycles. The predicted octanol–water partition coefficient (Wildman–Crippen LogP) is 4.09. The molecule has 1 aliphatic rings. The Morgan fingerprint density at radius 1 is 1.29 bits per heavy atom. The number of allylic oxidation sites excluding steroid dienone is 1. The van der Waals surface area contributed by atoms with Crippen molar-refractivity contribution in [2.45, 2.75) is 11.8 Å². The lowest BCUT2D eigenvalue weighted by molar-refractivity contribution is 1.39. The maximum atomic E-state index is 4.59. The molecule has 0 saturated carbocycles. The first kappa shape index (κ1) is 9.87. The molecule has 0 aromatic heterocycles. The smallest absolute Gasteiger partial charge is 0.0972 e. The van der Waals surface area contributed by atoms with E-state index in [0.29, 0.717) is 0 Å². The molecule has 1 nitrogen and oxygen atoms in total. The van der Waals surface area contributed by atoms with Gasteiger partial charge in [0, 0.05) is 4.90 Å². The summed E-state index contributed by atoms with van der Waals surface area (Å²) < 4.78 is 0. The van der Waals surface area contributed by atoms with Crippen molar-refractivity contribution in [2.24, 2.45) is 4.99 Å². The van der Waals surface area contributed by atoms with E-state index in [9.17, 15) is 0 Å². The normalized spacial score (nSPS) is 15.3. The molecular weight excluding hydrogens is 210 g/mol. The summed E-state index contributed by atoms with van der Waals surface area (Å²) in [5.74, 6) is 0. The average Bonchev–Trinajstić information content (AvgIpc) is 2.35. The van der Waals surface area contributed by atoms with Gasteiger partial charge in [0.25, 0.3) is 0 Å². The standard InChI is InChI=1S/C11H11NS2/c1-8-7-11(13-2)12-9-5-3-4-6-10(9)14-8/h3-7H,1-2H3. The van der Waals surface area contributed by atoms with E-state index < -0.39 is 0 Å². The highest BCUT2D eigenvalue weighted by Crippen LogP contribution is 2.37. The second kappa shape index (κ2) is 4.24. The van der Waals surface area contributed by atoms with E-state index in [2.05, 4.69) is 42.4 Å². The van der Waals surface area contributed by atoms with Crippen LogP contribution in [0.25, 0.3) is 0 Å². The van der Waals surface area contributed by atoms with E-state index in [1.165, 1.54) is 9.80 Å². The van der Waals surface area contributed by atoms with Crippen molar-refractivity contribution >= 4 is 34.3 Å². The van der Waals surface area contributed by atoms with Gasteiger partial charge in [-0.1, -0.05) is 23.9 Å². The molecule has 0 amide bonds. The van der Waals surface area contributed by atoms with Gasteiger partial charge in [0.15, 0.2) is 0 Å². The molecule has 0 atom stereocenters. The zero-order valence-corrected chi connectivity index (χ0v) is 9.78. The third-order valence-electron chi connectivity index (χ3n) is 1.90. The molecule has 1 heterocycles. The number of rotatable bonds is 0. The number of benzene rings is 1. The van der Waals surface area contributed by atoms with Crippen LogP contribution in [-0.2, 0) is 0 Å². The van der Waals surface area contributed by atoms with Crippen molar-refractivity contribution in [1.29, 1.82) is 0 Å². The number of para-hydroxylation sites is 1. The lowest BCUT2D eigenvalue weighted by atomic mass is 10.3. The van der Waals surface area contributed by atoms with Crippen LogP contribution in [0.3, 0.4) is 0 Å². The highest BCUT2D eigenvalue weighted by atomic mass is 32.2. The van der Waals surface area contributed by atoms with Crippen molar-refractivity contribution in [2.75, 3.05) is 6.26 Å². The molecule has 0 spiro atoms. The van der Waals surface area contributed by atoms with Crippen LogP contribution >= 0.6 is 23.5 Å². The molecule has 0 saturated heterocycles. The Labute approximate surface area is 92.7 Å². The average molecular weight is 221 g/mol. The zero-order chi connectivity index (χ0) is 9.97. The van der Waals surface area contributed by atoms with Crippen LogP contribution in [-0.4, -0.2) is 11.3 Å². The second-order valence-electron chi connectivity index (χ2n) is 2.98. The summed E-state index contributed by atoms with van der Waals surface area (Å²) in [6.45, 7) is 2.12. The van der Waals surface area contributed by atoms with Gasteiger partial charge in [-0.05, 0) is 36.3 Å². The SMILES string of the molecule is CSC1=Nc2ccccc2SC(C)=C1. The van der Waals surface area contributed by atoms with Crippen LogP contribution in [0.4, 0.5) is 5.69 Å². The summed E-state index contributed by atoms with van der Waals surface area (Å²) in [7, 11) is 0. The van der Waals surface area contributed by atoms with Crippen LogP contribution in [0.1, 0.15) is 6.92 Å². The molecule has 0 bridgehead atoms. The Balaban J connectivity index is 2.51. The van der Waals surface area contributed by atoms with Gasteiger partial charge < -0.3 is 0 Å². The van der Waals surface area contributed by atoms with Crippen molar-refractivity contribution in [3.05, 3.63) is 35.2 Å². The van der Waals surface area contributed by atoms with Crippen LogP contribution in [0.15, 0.2) is 45.1 Å². The summed E-state index contributed by atoms with van der Waals surface area (Å²) >= 11 is 3.47. The third-order valence-corrected chi connectivity index (χ3v) is 3.54. The topological polar surface area (TPSA) is 12.4 Å². The van der Waals surface area contributed by atoms with E-state index in [1.807, 2.05) is 6.07 Å². The highest BCUT2D eigenvalue weighted by Gasteiger charge is 2.08. The van der Waals surface area contributed by atoms with Gasteiger partial charge in [0.2, 0.25) is 0 Å². The summed E-state index contributed by atoms with van der Waals surface area (Å²) in [5.41, 5.74) is 1.08. The van der Waals surface area contributed by atoms with Gasteiger partial charge in [0.1, 0.15) is 0 Å². The van der Waals surface area contributed by atoms with Crippen LogP contribution in [0.2, 0.25) is 0 Å². The van der Waals surface area contributed by atoms with Crippen LogP contribution < -0.4 is 0 Å². The Bertz CT molecular complexity index is 408. The molecule has 1 aliphatic heterocycles. The van der Waals surface area contributed by atoms with Gasteiger partial charge in [-0.2, -0.15) is 0 Å². The minimum absolute atomic E-state index is 1.08. The first-order valence-electron chi connectivity index (χ1n) is 4.37. The Morgan fingerprint density at radius 2 is 2.07 bits per heavy atom. The fraction of sp³-hybridized carbons (Fsp3) is 0.182. The predicted molar refractivity (Wildman–Crippen MR) is 66.7 cm³/mol. The molecule has 3 heteroatoms. The van der Waals surface area contributed by atoms with Gasteiger partial charge in [0.05, 0.1) is 10.7 Å². The van der Waals surface area contributed by atoms with Crippen molar-refractivity contribution in [3.63, 3.8) is 0 Å². The molecule has 0 unspecified atom stereocenters. The molecule has 0 N–H and O–H groups in total. The summed E-state index contributed by atoms with van der Waals surface area (Å²) in [5, 5.41) is 1.08. The maximum Gasteiger partial charge on any atom is 0.0972 e. The molecule has 0 fully saturated rings. The van der Waals surface area contributed by atoms with E-state index in [1.54, 1.807) is 23.5 Å². The molecule has 2 rings (SSSR count). The molecular formula is C11H11NS2. The van der Waals surface area contributed by atoms with E-state index >= 15 is 0 Å². The number of fused-ring (bicyclic) bond motifs is 1. The number of hydrogen-bond donors (Lipinski definition) is 0. The van der Waals surface area contributed by atoms with Gasteiger partial charge in [-0.25, -0.2) is 4.99 Å². The lowest BCUT2D eigenvalue weighted by Crippen LogP contribution is -1.82. The van der Waals surface area contributed by atoms with E-state index in [-0.39, 0.29) is 0 Å². The van der Waals surface area contributed by atoms with Crippen molar-refractivity contribution in [1.82, 2.24) is 0 Å². The molecule has 14 heavy (non-hydrogen) atoms. The Kier molecular flexibility index (Phi) is 2.99. The minimum atomic E-state index is 1.08. The van der Waals surface area contributed by atoms with Gasteiger partial charge in [-0.3, -0.25) is 0 Å². The molecule has 1 aromatic carbocycles. The molecule has 0 radical (unpaired) electrons. The Morgan fingerprint density at radius 3 is 2.86 bits per heavy atom. The van der Waals surface area contributed by atoms with Crippen LogP contribution in [0.5, 0.6) is 0 Å². The van der Waals surface area contributed by atoms with E-state index in [0.717, 1.165) is 10.7 Å². The molecule has 1 aromatic rings. The quantitative estimate of drug-likeness (QED) is 0.654. The first-order valence-corrected chi connectivity index (χ1v) is 6.41. The largest absolute Gasteiger partial charge is 0.241 e. The third kappa shape index (κ3) is 2.04. The maximum absolute atomic E-state index is 4.59. The van der Waals surface area contributed by atoms with Crippen molar-refractivity contribution in [3.8, 4) is 0 Å². The minimum Gasteiger partial charge on any atom is -0.241 e. The summed E-state index contributed by atoms with van der Waals surface area (Å²) in [6.07, 6.45) is 4.19. The second-order valence-corrected chi connectivity index (χ2v) is 5.09. The van der Waals surface area contributed by atoms with Gasteiger partial charge >= 0.3 is 0 Å². The fourth-order valence-electron chi connectivity index (χ4n) is 1.27. The summed E-state index contributed by atoms with van der Waals surface area (Å²) in [4.78, 5) is 7.13. The number of thioether (sulfide) groups is 2. The number of hydrogen-bond acceptors (Lipinski definition) is 3. The Hall–Kier alpha value is -0.670.